The molecule has 3 aromatic carbocycles. The zero-order valence-electron chi connectivity index (χ0n) is 14.6. The van der Waals surface area contributed by atoms with Crippen molar-refractivity contribution in [1.29, 1.82) is 0 Å². The highest BCUT2D eigenvalue weighted by Gasteiger charge is 2.21. The number of nitro groups is 1. The number of amides is 1. The van der Waals surface area contributed by atoms with Gasteiger partial charge >= 0.3 is 0 Å². The van der Waals surface area contributed by atoms with Crippen molar-refractivity contribution in [1.82, 2.24) is 5.32 Å². The fourth-order valence-electron chi connectivity index (χ4n) is 2.91. The summed E-state index contributed by atoms with van der Waals surface area (Å²) in [5, 5.41) is 14.1. The van der Waals surface area contributed by atoms with Crippen LogP contribution in [0.25, 0.3) is 0 Å². The number of hydrogen-bond acceptors (Lipinski definition) is 3. The minimum atomic E-state index is -0.602. The molecule has 27 heavy (non-hydrogen) atoms. The molecule has 0 spiro atoms. The van der Waals surface area contributed by atoms with Gasteiger partial charge < -0.3 is 5.32 Å². The third-order valence-corrected chi connectivity index (χ3v) is 4.63. The van der Waals surface area contributed by atoms with Crippen molar-refractivity contribution in [2.24, 2.45) is 0 Å². The fourth-order valence-corrected chi connectivity index (χ4v) is 3.09. The molecule has 0 aliphatic heterocycles. The standard InChI is InChI=1S/C21H17ClN2O3/c1-14-7-5-6-10-17(14)20(15-8-3-2-4-9-15)23-21(25)16-11-12-18(22)19(13-16)24(26)27/h2-13,20H,1H3,(H,23,25)/t20-/m0/s1. The molecule has 0 aliphatic rings. The maximum atomic E-state index is 12.8. The first kappa shape index (κ1) is 18.6. The summed E-state index contributed by atoms with van der Waals surface area (Å²) < 4.78 is 0. The van der Waals surface area contributed by atoms with E-state index in [-0.39, 0.29) is 22.3 Å². The van der Waals surface area contributed by atoms with Gasteiger partial charge in [-0.05, 0) is 35.7 Å². The molecule has 0 aliphatic carbocycles. The Hall–Kier alpha value is -3.18. The number of nitro benzene ring substituents is 1. The Kier molecular flexibility index (Phi) is 5.52. The highest BCUT2D eigenvalue weighted by molar-refractivity contribution is 6.32. The zero-order valence-corrected chi connectivity index (χ0v) is 15.3. The van der Waals surface area contributed by atoms with Gasteiger partial charge in [0, 0.05) is 11.6 Å². The molecule has 0 unspecified atom stereocenters. The van der Waals surface area contributed by atoms with E-state index in [4.69, 9.17) is 11.6 Å². The Labute approximate surface area is 161 Å². The summed E-state index contributed by atoms with van der Waals surface area (Å²) in [6.45, 7) is 1.98. The largest absolute Gasteiger partial charge is 0.341 e. The van der Waals surface area contributed by atoms with Crippen LogP contribution in [0.1, 0.15) is 33.1 Å². The van der Waals surface area contributed by atoms with Gasteiger partial charge in [0.25, 0.3) is 11.6 Å². The average molecular weight is 381 g/mol. The van der Waals surface area contributed by atoms with Crippen LogP contribution in [0.15, 0.2) is 72.8 Å². The monoisotopic (exact) mass is 380 g/mol. The number of halogens is 1. The van der Waals surface area contributed by atoms with E-state index in [0.717, 1.165) is 16.7 Å². The number of carbonyl (C=O) groups is 1. The molecule has 0 radical (unpaired) electrons. The number of rotatable bonds is 5. The van der Waals surface area contributed by atoms with Gasteiger partial charge in [-0.1, -0.05) is 66.2 Å². The minimum absolute atomic E-state index is 0.00457. The highest BCUT2D eigenvalue weighted by atomic mass is 35.5. The van der Waals surface area contributed by atoms with Gasteiger partial charge in [-0.15, -0.1) is 0 Å². The van der Waals surface area contributed by atoms with E-state index in [0.29, 0.717) is 0 Å². The lowest BCUT2D eigenvalue weighted by molar-refractivity contribution is -0.384. The maximum absolute atomic E-state index is 12.8. The number of nitrogens with one attached hydrogen (secondary N) is 1. The molecule has 3 rings (SSSR count). The Morgan fingerprint density at radius 2 is 1.70 bits per heavy atom. The van der Waals surface area contributed by atoms with Crippen molar-refractivity contribution < 1.29 is 9.72 Å². The van der Waals surface area contributed by atoms with Crippen LogP contribution >= 0.6 is 11.6 Å². The van der Waals surface area contributed by atoms with E-state index in [1.807, 2.05) is 61.5 Å². The van der Waals surface area contributed by atoms with Crippen LogP contribution in [0.4, 0.5) is 5.69 Å². The first-order chi connectivity index (χ1) is 13.0. The van der Waals surface area contributed by atoms with Crippen LogP contribution in [-0.4, -0.2) is 10.8 Å². The van der Waals surface area contributed by atoms with Crippen molar-refractivity contribution in [3.63, 3.8) is 0 Å². The maximum Gasteiger partial charge on any atom is 0.288 e. The van der Waals surface area contributed by atoms with Gasteiger partial charge in [0.2, 0.25) is 0 Å². The van der Waals surface area contributed by atoms with E-state index >= 15 is 0 Å². The van der Waals surface area contributed by atoms with Gasteiger partial charge in [-0.3, -0.25) is 14.9 Å². The van der Waals surface area contributed by atoms with E-state index in [1.165, 1.54) is 18.2 Å². The quantitative estimate of drug-likeness (QED) is 0.495. The normalized spacial score (nSPS) is 11.6. The summed E-state index contributed by atoms with van der Waals surface area (Å²) in [5.41, 5.74) is 2.80. The van der Waals surface area contributed by atoms with Crippen molar-refractivity contribution in [2.45, 2.75) is 13.0 Å². The third kappa shape index (κ3) is 4.15. The minimum Gasteiger partial charge on any atom is -0.341 e. The second-order valence-corrected chi connectivity index (χ2v) is 6.50. The number of carbonyl (C=O) groups excluding carboxylic acids is 1. The molecule has 136 valence electrons. The lowest BCUT2D eigenvalue weighted by Gasteiger charge is -2.21. The number of hydrogen-bond donors (Lipinski definition) is 1. The summed E-state index contributed by atoms with van der Waals surface area (Å²) in [6.07, 6.45) is 0. The van der Waals surface area contributed by atoms with Crippen LogP contribution < -0.4 is 5.32 Å². The Morgan fingerprint density at radius 3 is 2.37 bits per heavy atom. The Bertz CT molecular complexity index is 990. The predicted octanol–water partition coefficient (Wildman–Crippen LogP) is 5.08. The SMILES string of the molecule is Cc1ccccc1[C@@H](NC(=O)c1ccc(Cl)c([N+](=O)[O-])c1)c1ccccc1. The first-order valence-corrected chi connectivity index (χ1v) is 8.70. The van der Waals surface area contributed by atoms with E-state index in [2.05, 4.69) is 5.32 Å². The van der Waals surface area contributed by atoms with Crippen molar-refractivity contribution in [3.05, 3.63) is 110 Å². The van der Waals surface area contributed by atoms with E-state index in [9.17, 15) is 14.9 Å². The molecular weight excluding hydrogens is 364 g/mol. The van der Waals surface area contributed by atoms with Crippen LogP contribution in [-0.2, 0) is 0 Å². The summed E-state index contributed by atoms with van der Waals surface area (Å²) in [7, 11) is 0. The lowest BCUT2D eigenvalue weighted by Crippen LogP contribution is -2.29. The lowest BCUT2D eigenvalue weighted by atomic mass is 9.94. The molecule has 1 N–H and O–H groups in total. The molecular formula is C21H17ClN2O3. The molecule has 0 saturated carbocycles. The van der Waals surface area contributed by atoms with Gasteiger partial charge in [-0.2, -0.15) is 0 Å². The van der Waals surface area contributed by atoms with Crippen LogP contribution in [0.3, 0.4) is 0 Å². The van der Waals surface area contributed by atoms with Crippen LogP contribution in [0.5, 0.6) is 0 Å². The molecule has 5 nitrogen and oxygen atoms in total. The summed E-state index contributed by atoms with van der Waals surface area (Å²) >= 11 is 5.84. The van der Waals surface area contributed by atoms with Gasteiger partial charge in [0.1, 0.15) is 5.02 Å². The predicted molar refractivity (Wildman–Crippen MR) is 105 cm³/mol. The fraction of sp³-hybridized carbons (Fsp3) is 0.0952. The zero-order chi connectivity index (χ0) is 19.4. The molecule has 0 heterocycles. The summed E-state index contributed by atoms with van der Waals surface area (Å²) in [6, 6.07) is 21.0. The molecule has 0 bridgehead atoms. The van der Waals surface area contributed by atoms with Gasteiger partial charge in [-0.25, -0.2) is 0 Å². The second-order valence-electron chi connectivity index (χ2n) is 6.10. The second kappa shape index (κ2) is 8.01. The molecule has 3 aromatic rings. The summed E-state index contributed by atoms with van der Waals surface area (Å²) in [5.74, 6) is -0.410. The first-order valence-electron chi connectivity index (χ1n) is 8.32. The van der Waals surface area contributed by atoms with E-state index in [1.54, 1.807) is 0 Å². The number of aryl methyl sites for hydroxylation is 1. The Balaban J connectivity index is 1.98. The molecule has 1 atom stereocenters. The topological polar surface area (TPSA) is 72.2 Å². The molecule has 6 heteroatoms. The highest BCUT2D eigenvalue weighted by Crippen LogP contribution is 2.27. The van der Waals surface area contributed by atoms with Crippen molar-refractivity contribution in [3.8, 4) is 0 Å². The van der Waals surface area contributed by atoms with Crippen LogP contribution in [0, 0.1) is 17.0 Å². The van der Waals surface area contributed by atoms with Gasteiger partial charge in [0.15, 0.2) is 0 Å². The molecule has 0 fully saturated rings. The summed E-state index contributed by atoms with van der Waals surface area (Å²) in [4.78, 5) is 23.3. The number of benzene rings is 3. The van der Waals surface area contributed by atoms with Crippen LogP contribution in [0.2, 0.25) is 5.02 Å². The Morgan fingerprint density at radius 1 is 1.04 bits per heavy atom. The average Bonchev–Trinajstić information content (AvgIpc) is 2.67. The molecule has 0 saturated heterocycles. The van der Waals surface area contributed by atoms with Crippen molar-refractivity contribution in [2.75, 3.05) is 0 Å². The third-order valence-electron chi connectivity index (χ3n) is 4.31. The van der Waals surface area contributed by atoms with Crippen molar-refractivity contribution >= 4 is 23.2 Å². The smallest absolute Gasteiger partial charge is 0.288 e. The number of nitrogens with zero attached hydrogens (tertiary/aromatic N) is 1. The molecule has 1 amide bonds. The van der Waals surface area contributed by atoms with Gasteiger partial charge in [0.05, 0.1) is 11.0 Å². The van der Waals surface area contributed by atoms with E-state index < -0.39 is 10.8 Å². The molecule has 0 aromatic heterocycles.